The monoisotopic (exact) mass is 778 g/mol. The van der Waals surface area contributed by atoms with Gasteiger partial charge in [-0.25, -0.2) is 0 Å². The summed E-state index contributed by atoms with van der Waals surface area (Å²) in [6.45, 7) is 0. The van der Waals surface area contributed by atoms with Gasteiger partial charge in [-0.1, -0.05) is 194 Å². The zero-order chi connectivity index (χ0) is 40.3. The normalized spacial score (nSPS) is 15.1. The first-order valence-electron chi connectivity index (χ1n) is 21.4. The molecule has 0 aliphatic heterocycles. The fourth-order valence-electron chi connectivity index (χ4n) is 10.5. The van der Waals surface area contributed by atoms with Gasteiger partial charge in [-0.15, -0.1) is 0 Å². The maximum absolute atomic E-state index is 2.53. The molecule has 0 bridgehead atoms. The van der Waals surface area contributed by atoms with Crippen molar-refractivity contribution >= 4 is 44.0 Å². The Morgan fingerprint density at radius 1 is 0.492 bits per heavy atom. The molecule has 2 nitrogen and oxygen atoms in total. The first-order chi connectivity index (χ1) is 30.3. The maximum Gasteiger partial charge on any atom is 0.0714 e. The van der Waals surface area contributed by atoms with Crippen LogP contribution < -0.4 is 4.90 Å². The molecular weight excluding hydrogens is 737 g/mol. The zero-order valence-electron chi connectivity index (χ0n) is 33.7. The highest BCUT2D eigenvalue weighted by molar-refractivity contribution is 6.10. The molecule has 2 aliphatic rings. The number of aromatic nitrogens is 1. The Morgan fingerprint density at radius 2 is 1.15 bits per heavy atom. The van der Waals surface area contributed by atoms with E-state index in [1.54, 1.807) is 0 Å². The van der Waals surface area contributed by atoms with E-state index in [-0.39, 0.29) is 5.92 Å². The lowest BCUT2D eigenvalue weighted by Gasteiger charge is -2.35. The number of hydrogen-bond donors (Lipinski definition) is 0. The number of benzene rings is 9. The number of para-hydroxylation sites is 2. The Hall–Kier alpha value is -7.68. The molecule has 0 saturated carbocycles. The predicted octanol–water partition coefficient (Wildman–Crippen LogP) is 15.1. The average molecular weight is 779 g/mol. The van der Waals surface area contributed by atoms with E-state index in [4.69, 9.17) is 0 Å². The van der Waals surface area contributed by atoms with Gasteiger partial charge in [0.05, 0.1) is 22.1 Å². The molecule has 0 spiro atoms. The third-order valence-electron chi connectivity index (χ3n) is 13.2. The topological polar surface area (TPSA) is 8.17 Å². The Labute approximate surface area is 356 Å². The van der Waals surface area contributed by atoms with Crippen LogP contribution in [0.1, 0.15) is 40.2 Å². The van der Waals surface area contributed by atoms with Gasteiger partial charge in [0.2, 0.25) is 0 Å². The predicted molar refractivity (Wildman–Crippen MR) is 255 cm³/mol. The van der Waals surface area contributed by atoms with Crippen molar-refractivity contribution in [2.24, 2.45) is 0 Å². The van der Waals surface area contributed by atoms with E-state index in [2.05, 4.69) is 246 Å². The lowest BCUT2D eigenvalue weighted by molar-refractivity contribution is 0.768. The fourth-order valence-corrected chi connectivity index (χ4v) is 10.5. The van der Waals surface area contributed by atoms with E-state index in [0.29, 0.717) is 0 Å². The lowest BCUT2D eigenvalue weighted by atomic mass is 9.68. The van der Waals surface area contributed by atoms with Crippen molar-refractivity contribution in [3.8, 4) is 16.8 Å². The average Bonchev–Trinajstić information content (AvgIpc) is 3.83. The van der Waals surface area contributed by atoms with Crippen LogP contribution in [-0.2, 0) is 5.41 Å². The molecular formula is C59H42N2. The second-order valence-corrected chi connectivity index (χ2v) is 16.4. The first kappa shape index (κ1) is 35.3. The highest BCUT2D eigenvalue weighted by atomic mass is 15.2. The van der Waals surface area contributed by atoms with Crippen molar-refractivity contribution < 1.29 is 0 Å². The number of fused-ring (bicyclic) bond motifs is 7. The van der Waals surface area contributed by atoms with Gasteiger partial charge in [-0.05, 0) is 93.0 Å². The summed E-state index contributed by atoms with van der Waals surface area (Å²) in [5.41, 5.74) is 15.5. The van der Waals surface area contributed by atoms with E-state index in [1.807, 2.05) is 0 Å². The minimum atomic E-state index is -0.502. The number of rotatable bonds is 7. The summed E-state index contributed by atoms with van der Waals surface area (Å²) in [7, 11) is 0. The summed E-state index contributed by atoms with van der Waals surface area (Å²) in [4.78, 5) is 2.53. The van der Waals surface area contributed by atoms with Crippen molar-refractivity contribution in [1.82, 2.24) is 4.57 Å². The standard InChI is InChI=1S/C59H42N2/c1-4-19-45(20-5-1)59(46-21-6-2-7-22-46)53-27-14-12-26-52(53)58-54(59)28-16-30-56(58)60(48-35-33-42(34-36-48)44-32-31-41-17-10-11-18-43(41)39-44)49-37-38-51-50-25-13-15-29-55(50)61(57(51)40-49)47-23-8-3-9-24-47/h1-33,35-40,42H,34H2. The van der Waals surface area contributed by atoms with Crippen molar-refractivity contribution in [1.29, 1.82) is 0 Å². The van der Waals surface area contributed by atoms with Gasteiger partial charge in [0.25, 0.3) is 0 Å². The molecule has 1 heterocycles. The molecule has 1 aromatic heterocycles. The summed E-state index contributed by atoms with van der Waals surface area (Å²) >= 11 is 0. The van der Waals surface area contributed by atoms with Crippen LogP contribution in [-0.4, -0.2) is 4.57 Å². The Kier molecular flexibility index (Phi) is 8.24. The largest absolute Gasteiger partial charge is 0.310 e. The van der Waals surface area contributed by atoms with Crippen LogP contribution in [0.4, 0.5) is 11.4 Å². The van der Waals surface area contributed by atoms with Crippen LogP contribution in [0.5, 0.6) is 0 Å². The van der Waals surface area contributed by atoms with Gasteiger partial charge < -0.3 is 9.47 Å². The van der Waals surface area contributed by atoms with E-state index in [0.717, 1.165) is 17.8 Å². The van der Waals surface area contributed by atoms with Crippen LogP contribution >= 0.6 is 0 Å². The minimum Gasteiger partial charge on any atom is -0.310 e. The zero-order valence-corrected chi connectivity index (χ0v) is 33.7. The van der Waals surface area contributed by atoms with Crippen molar-refractivity contribution in [2.45, 2.75) is 17.8 Å². The number of allylic oxidation sites excluding steroid dienone is 3. The molecule has 10 aromatic rings. The summed E-state index contributed by atoms with van der Waals surface area (Å²) in [6, 6.07) is 80.5. The molecule has 61 heavy (non-hydrogen) atoms. The molecule has 2 aliphatic carbocycles. The Bertz CT molecular complexity index is 3300. The summed E-state index contributed by atoms with van der Waals surface area (Å²) in [5.74, 6) is 0.282. The van der Waals surface area contributed by atoms with Gasteiger partial charge in [-0.2, -0.15) is 0 Å². The van der Waals surface area contributed by atoms with E-state index >= 15 is 0 Å². The van der Waals surface area contributed by atoms with Crippen molar-refractivity contribution in [2.75, 3.05) is 4.90 Å². The van der Waals surface area contributed by atoms with E-state index in [1.165, 1.54) is 82.9 Å². The maximum atomic E-state index is 2.53. The van der Waals surface area contributed by atoms with Crippen LogP contribution in [0, 0.1) is 0 Å². The highest BCUT2D eigenvalue weighted by Crippen LogP contribution is 2.59. The molecule has 0 amide bonds. The molecule has 288 valence electrons. The second-order valence-electron chi connectivity index (χ2n) is 16.4. The SMILES string of the molecule is C1=CC(c2ccc3ccccc3c2)CC=C1N(c1ccc2c3ccccc3n(-c3ccccc3)c2c1)c1cccc2c1-c1ccccc1C2(c1ccccc1)c1ccccc1. The summed E-state index contributed by atoms with van der Waals surface area (Å²) < 4.78 is 2.42. The van der Waals surface area contributed by atoms with Gasteiger partial charge in [-0.3, -0.25) is 0 Å². The number of hydrogen-bond acceptors (Lipinski definition) is 1. The first-order valence-corrected chi connectivity index (χ1v) is 21.4. The summed E-state index contributed by atoms with van der Waals surface area (Å²) in [6.07, 6.45) is 8.14. The minimum absolute atomic E-state index is 0.282. The number of anilines is 2. The molecule has 0 radical (unpaired) electrons. The molecule has 1 unspecified atom stereocenters. The molecule has 1 atom stereocenters. The van der Waals surface area contributed by atoms with Gasteiger partial charge in [0, 0.05) is 39.3 Å². The van der Waals surface area contributed by atoms with Crippen LogP contribution in [0.3, 0.4) is 0 Å². The van der Waals surface area contributed by atoms with E-state index in [9.17, 15) is 0 Å². The Balaban J connectivity index is 1.10. The van der Waals surface area contributed by atoms with Gasteiger partial charge >= 0.3 is 0 Å². The summed E-state index contributed by atoms with van der Waals surface area (Å²) in [5, 5.41) is 5.05. The fraction of sp³-hybridized carbons (Fsp3) is 0.0508. The molecule has 2 heteroatoms. The third-order valence-corrected chi connectivity index (χ3v) is 13.2. The lowest BCUT2D eigenvalue weighted by Crippen LogP contribution is -2.28. The quantitative estimate of drug-likeness (QED) is 0.156. The molecule has 9 aromatic carbocycles. The van der Waals surface area contributed by atoms with Crippen LogP contribution in [0.15, 0.2) is 242 Å². The van der Waals surface area contributed by atoms with Crippen molar-refractivity contribution in [3.63, 3.8) is 0 Å². The molecule has 0 N–H and O–H groups in total. The Morgan fingerprint density at radius 3 is 1.92 bits per heavy atom. The van der Waals surface area contributed by atoms with Crippen molar-refractivity contribution in [3.05, 3.63) is 270 Å². The van der Waals surface area contributed by atoms with Gasteiger partial charge in [0.15, 0.2) is 0 Å². The number of nitrogens with zero attached hydrogens (tertiary/aromatic N) is 2. The third kappa shape index (κ3) is 5.49. The molecule has 12 rings (SSSR count). The second kappa shape index (κ2) is 14.3. The molecule has 0 fully saturated rings. The molecule has 0 saturated heterocycles. The van der Waals surface area contributed by atoms with Gasteiger partial charge in [0.1, 0.15) is 0 Å². The van der Waals surface area contributed by atoms with E-state index < -0.39 is 5.41 Å². The smallest absolute Gasteiger partial charge is 0.0714 e. The highest BCUT2D eigenvalue weighted by Gasteiger charge is 2.47. The van der Waals surface area contributed by atoms with Crippen LogP contribution in [0.2, 0.25) is 0 Å². The van der Waals surface area contributed by atoms with Crippen LogP contribution in [0.25, 0.3) is 49.4 Å².